The highest BCUT2D eigenvalue weighted by Gasteiger charge is 2.20. The molecule has 3 aromatic rings. The summed E-state index contributed by atoms with van der Waals surface area (Å²) in [6, 6.07) is 6.48. The number of nitrogen functional groups attached to an aromatic ring is 1. The largest absolute Gasteiger partial charge is 0.383 e. The van der Waals surface area contributed by atoms with E-state index in [9.17, 15) is 0 Å². The molecule has 0 aliphatic heterocycles. The average molecular weight is 321 g/mol. The van der Waals surface area contributed by atoms with Crippen LogP contribution in [0.5, 0.6) is 0 Å². The van der Waals surface area contributed by atoms with E-state index in [-0.39, 0.29) is 0 Å². The first-order valence-electron chi connectivity index (χ1n) is 8.30. The summed E-state index contributed by atoms with van der Waals surface area (Å²) in [5.41, 5.74) is 13.3. The predicted octanol–water partition coefficient (Wildman–Crippen LogP) is 3.58. The van der Waals surface area contributed by atoms with E-state index in [1.165, 1.54) is 22.8 Å². The summed E-state index contributed by atoms with van der Waals surface area (Å²) < 4.78 is 0. The van der Waals surface area contributed by atoms with Gasteiger partial charge < -0.3 is 10.7 Å². The van der Waals surface area contributed by atoms with Gasteiger partial charge in [0.15, 0.2) is 0 Å². The Morgan fingerprint density at radius 1 is 1.21 bits per heavy atom. The van der Waals surface area contributed by atoms with Crippen LogP contribution in [0.1, 0.15) is 41.9 Å². The highest BCUT2D eigenvalue weighted by atomic mass is 14.9. The van der Waals surface area contributed by atoms with Crippen molar-refractivity contribution in [1.29, 1.82) is 0 Å². The van der Waals surface area contributed by atoms with E-state index in [1.807, 2.05) is 13.8 Å². The second-order valence-electron chi connectivity index (χ2n) is 5.92. The first-order valence-corrected chi connectivity index (χ1v) is 8.30. The molecule has 24 heavy (non-hydrogen) atoms. The average Bonchev–Trinajstić information content (AvgIpc) is 2.91. The molecule has 0 unspecified atom stereocenters. The van der Waals surface area contributed by atoms with E-state index < -0.39 is 0 Å². The highest BCUT2D eigenvalue weighted by molar-refractivity contribution is 6.17. The maximum absolute atomic E-state index is 6.15. The Hall–Kier alpha value is -2.69. The standard InChI is InChI=1S/C19H23N5/c1-5-13-14-8-7-11(3)9-15(14)24-17(13)18(21-6-2)16-12(4)22-10-23-19(16)20/h7-10,24H,5-6H2,1-4H3,(H2,20,22,23). The molecule has 3 rings (SSSR count). The molecule has 0 saturated heterocycles. The van der Waals surface area contributed by atoms with Crippen molar-refractivity contribution in [2.45, 2.75) is 34.1 Å². The summed E-state index contributed by atoms with van der Waals surface area (Å²) in [5.74, 6) is 0.464. The highest BCUT2D eigenvalue weighted by Crippen LogP contribution is 2.28. The van der Waals surface area contributed by atoms with Gasteiger partial charge in [-0.3, -0.25) is 4.99 Å². The number of aromatic nitrogens is 3. The minimum absolute atomic E-state index is 0.464. The number of nitrogens with two attached hydrogens (primary N) is 1. The number of aliphatic imine (C=N–C) groups is 1. The molecule has 0 aliphatic rings. The van der Waals surface area contributed by atoms with Crippen LogP contribution in [0.25, 0.3) is 10.9 Å². The zero-order valence-corrected chi connectivity index (χ0v) is 14.6. The molecule has 0 amide bonds. The second kappa shape index (κ2) is 6.43. The van der Waals surface area contributed by atoms with Crippen molar-refractivity contribution in [2.24, 2.45) is 4.99 Å². The Kier molecular flexibility index (Phi) is 4.34. The first kappa shape index (κ1) is 16.2. The lowest BCUT2D eigenvalue weighted by atomic mass is 10.00. The number of hydrogen-bond acceptors (Lipinski definition) is 4. The van der Waals surface area contributed by atoms with Crippen molar-refractivity contribution < 1.29 is 0 Å². The van der Waals surface area contributed by atoms with Crippen LogP contribution in [0.4, 0.5) is 5.82 Å². The van der Waals surface area contributed by atoms with Gasteiger partial charge in [0.1, 0.15) is 12.1 Å². The molecule has 0 fully saturated rings. The predicted molar refractivity (Wildman–Crippen MR) is 99.8 cm³/mol. The van der Waals surface area contributed by atoms with Crippen molar-refractivity contribution in [3.05, 3.63) is 52.6 Å². The van der Waals surface area contributed by atoms with Crippen LogP contribution < -0.4 is 5.73 Å². The molecule has 124 valence electrons. The third-order valence-corrected chi connectivity index (χ3v) is 4.27. The molecule has 0 spiro atoms. The third-order valence-electron chi connectivity index (χ3n) is 4.27. The number of H-pyrrole nitrogens is 1. The third kappa shape index (κ3) is 2.66. The van der Waals surface area contributed by atoms with Gasteiger partial charge in [-0.15, -0.1) is 0 Å². The second-order valence-corrected chi connectivity index (χ2v) is 5.92. The number of rotatable bonds is 4. The van der Waals surface area contributed by atoms with E-state index in [0.29, 0.717) is 12.4 Å². The van der Waals surface area contributed by atoms with Crippen LogP contribution in [0, 0.1) is 13.8 Å². The molecular weight excluding hydrogens is 298 g/mol. The number of anilines is 1. The van der Waals surface area contributed by atoms with Gasteiger partial charge >= 0.3 is 0 Å². The number of benzene rings is 1. The fraction of sp³-hybridized carbons (Fsp3) is 0.316. The summed E-state index contributed by atoms with van der Waals surface area (Å²) in [6.45, 7) is 8.89. The Bertz CT molecular complexity index is 901. The molecular formula is C19H23N5. The van der Waals surface area contributed by atoms with Crippen LogP contribution in [-0.4, -0.2) is 27.2 Å². The molecule has 0 saturated carbocycles. The molecule has 0 aliphatic carbocycles. The summed E-state index contributed by atoms with van der Waals surface area (Å²) in [4.78, 5) is 16.8. The zero-order valence-electron chi connectivity index (χ0n) is 14.6. The minimum Gasteiger partial charge on any atom is -0.383 e. The van der Waals surface area contributed by atoms with Crippen molar-refractivity contribution in [1.82, 2.24) is 15.0 Å². The minimum atomic E-state index is 0.464. The maximum Gasteiger partial charge on any atom is 0.136 e. The Labute approximate surface area is 142 Å². The summed E-state index contributed by atoms with van der Waals surface area (Å²) in [7, 11) is 0. The van der Waals surface area contributed by atoms with Crippen LogP contribution in [0.2, 0.25) is 0 Å². The maximum atomic E-state index is 6.15. The molecule has 3 N–H and O–H groups in total. The van der Waals surface area contributed by atoms with Crippen LogP contribution in [0.3, 0.4) is 0 Å². The number of hydrogen-bond donors (Lipinski definition) is 2. The van der Waals surface area contributed by atoms with E-state index in [0.717, 1.165) is 34.6 Å². The topological polar surface area (TPSA) is 80.0 Å². The van der Waals surface area contributed by atoms with Crippen molar-refractivity contribution >= 4 is 22.4 Å². The summed E-state index contributed by atoms with van der Waals surface area (Å²) in [6.07, 6.45) is 2.40. The van der Waals surface area contributed by atoms with E-state index in [1.54, 1.807) is 0 Å². The molecule has 0 atom stereocenters. The van der Waals surface area contributed by atoms with Gasteiger partial charge in [-0.1, -0.05) is 19.1 Å². The Balaban J connectivity index is 2.31. The number of fused-ring (bicyclic) bond motifs is 1. The number of nitrogens with zero attached hydrogens (tertiary/aromatic N) is 3. The molecule has 1 aromatic carbocycles. The van der Waals surface area contributed by atoms with E-state index in [2.05, 4.69) is 47.0 Å². The summed E-state index contributed by atoms with van der Waals surface area (Å²) in [5, 5.41) is 1.23. The molecule has 0 radical (unpaired) electrons. The molecule has 5 nitrogen and oxygen atoms in total. The van der Waals surface area contributed by atoms with Crippen LogP contribution in [0.15, 0.2) is 29.5 Å². The first-order chi connectivity index (χ1) is 11.6. The van der Waals surface area contributed by atoms with Crippen LogP contribution >= 0.6 is 0 Å². The SMILES string of the molecule is CCN=C(c1[nH]c2cc(C)ccc2c1CC)c1c(C)ncnc1N. The molecule has 2 heterocycles. The van der Waals surface area contributed by atoms with Gasteiger partial charge in [-0.05, 0) is 44.4 Å². The molecule has 5 heteroatoms. The zero-order chi connectivity index (χ0) is 17.3. The normalized spacial score (nSPS) is 12.1. The van der Waals surface area contributed by atoms with Gasteiger partial charge in [-0.2, -0.15) is 0 Å². The number of aromatic amines is 1. The van der Waals surface area contributed by atoms with Gasteiger partial charge in [0.05, 0.1) is 22.7 Å². The quantitative estimate of drug-likeness (QED) is 0.721. The summed E-state index contributed by atoms with van der Waals surface area (Å²) >= 11 is 0. The molecule has 0 bridgehead atoms. The smallest absolute Gasteiger partial charge is 0.136 e. The number of aryl methyl sites for hydroxylation is 3. The van der Waals surface area contributed by atoms with Crippen molar-refractivity contribution in [2.75, 3.05) is 12.3 Å². The van der Waals surface area contributed by atoms with Gasteiger partial charge in [0, 0.05) is 17.4 Å². The lowest BCUT2D eigenvalue weighted by molar-refractivity contribution is 1.07. The lowest BCUT2D eigenvalue weighted by Gasteiger charge is -2.11. The van der Waals surface area contributed by atoms with E-state index in [4.69, 9.17) is 10.7 Å². The van der Waals surface area contributed by atoms with Crippen molar-refractivity contribution in [3.63, 3.8) is 0 Å². The van der Waals surface area contributed by atoms with Crippen LogP contribution in [-0.2, 0) is 6.42 Å². The lowest BCUT2D eigenvalue weighted by Crippen LogP contribution is -2.14. The fourth-order valence-electron chi connectivity index (χ4n) is 3.16. The van der Waals surface area contributed by atoms with Gasteiger partial charge in [-0.25, -0.2) is 9.97 Å². The monoisotopic (exact) mass is 321 g/mol. The van der Waals surface area contributed by atoms with Crippen molar-refractivity contribution in [3.8, 4) is 0 Å². The van der Waals surface area contributed by atoms with Gasteiger partial charge in [0.2, 0.25) is 0 Å². The fourth-order valence-corrected chi connectivity index (χ4v) is 3.16. The Morgan fingerprint density at radius 2 is 2.00 bits per heavy atom. The van der Waals surface area contributed by atoms with Gasteiger partial charge in [0.25, 0.3) is 0 Å². The number of nitrogens with one attached hydrogen (secondary N) is 1. The molecule has 2 aromatic heterocycles. The van der Waals surface area contributed by atoms with E-state index >= 15 is 0 Å². The Morgan fingerprint density at radius 3 is 2.67 bits per heavy atom.